The molecule has 2 N–H and O–H groups in total. The van der Waals surface area contributed by atoms with Crippen molar-refractivity contribution >= 4 is 29.9 Å². The average Bonchev–Trinajstić information content (AvgIpc) is 2.79. The van der Waals surface area contributed by atoms with Crippen LogP contribution in [0.5, 0.6) is 5.75 Å². The van der Waals surface area contributed by atoms with Gasteiger partial charge in [-0.05, 0) is 49.9 Å². The molecule has 1 aliphatic rings. The Morgan fingerprint density at radius 3 is 2.52 bits per heavy atom. The lowest BCUT2D eigenvalue weighted by Gasteiger charge is -2.37. The molecule has 0 amide bonds. The fraction of sp³-hybridized carbons (Fsp3) is 0.458. The third-order valence-corrected chi connectivity index (χ3v) is 5.68. The summed E-state index contributed by atoms with van der Waals surface area (Å²) in [7, 11) is 1.76. The summed E-state index contributed by atoms with van der Waals surface area (Å²) in [6.07, 6.45) is 2.13. The monoisotopic (exact) mass is 540 g/mol. The molecular weight excluding hydrogens is 506 g/mol. The zero-order valence-corrected chi connectivity index (χ0v) is 20.9. The first-order chi connectivity index (χ1) is 14.6. The Morgan fingerprint density at radius 1 is 1.19 bits per heavy atom. The number of rotatable bonds is 7. The van der Waals surface area contributed by atoms with E-state index in [0.717, 1.165) is 37.5 Å². The van der Waals surface area contributed by atoms with Crippen molar-refractivity contribution in [3.8, 4) is 5.75 Å². The van der Waals surface area contributed by atoms with Gasteiger partial charge in [0.2, 0.25) is 0 Å². The Morgan fingerprint density at radius 2 is 1.90 bits per heavy atom. The van der Waals surface area contributed by atoms with Crippen molar-refractivity contribution in [1.29, 1.82) is 0 Å². The SMILES string of the molecule is CCOc1ccc(CNC(=NC)NC2CCN(C(C)c3ccccc3)CC2)cc1F.I. The number of guanidine groups is 1. The third-order valence-electron chi connectivity index (χ3n) is 5.68. The molecule has 170 valence electrons. The number of piperidine rings is 1. The van der Waals surface area contributed by atoms with E-state index in [9.17, 15) is 4.39 Å². The summed E-state index contributed by atoms with van der Waals surface area (Å²) in [6.45, 7) is 7.18. The van der Waals surface area contributed by atoms with Crippen LogP contribution >= 0.6 is 24.0 Å². The van der Waals surface area contributed by atoms with E-state index in [1.54, 1.807) is 13.1 Å². The minimum atomic E-state index is -0.334. The number of hydrogen-bond acceptors (Lipinski definition) is 3. The summed E-state index contributed by atoms with van der Waals surface area (Å²) in [4.78, 5) is 6.86. The molecular formula is C24H34FIN4O. The molecule has 1 saturated heterocycles. The smallest absolute Gasteiger partial charge is 0.191 e. The standard InChI is InChI=1S/C24H33FN4O.HI/c1-4-30-23-11-10-19(16-22(23)25)17-27-24(26-3)28-21-12-14-29(15-13-21)18(2)20-8-6-5-7-9-20;/h5-11,16,18,21H,4,12-15,17H2,1-3H3,(H2,26,27,28);1H. The molecule has 0 aliphatic carbocycles. The predicted octanol–water partition coefficient (Wildman–Crippen LogP) is 4.73. The largest absolute Gasteiger partial charge is 0.491 e. The molecule has 0 bridgehead atoms. The minimum Gasteiger partial charge on any atom is -0.491 e. The zero-order valence-electron chi connectivity index (χ0n) is 18.6. The first-order valence-electron chi connectivity index (χ1n) is 10.8. The fourth-order valence-electron chi connectivity index (χ4n) is 3.87. The van der Waals surface area contributed by atoms with Crippen molar-refractivity contribution in [2.45, 2.75) is 45.3 Å². The molecule has 0 aromatic heterocycles. The van der Waals surface area contributed by atoms with Gasteiger partial charge in [-0.25, -0.2) is 4.39 Å². The van der Waals surface area contributed by atoms with E-state index in [4.69, 9.17) is 4.74 Å². The van der Waals surface area contributed by atoms with Crippen LogP contribution < -0.4 is 15.4 Å². The van der Waals surface area contributed by atoms with Crippen LogP contribution in [-0.2, 0) is 6.54 Å². The second kappa shape index (κ2) is 12.9. The zero-order chi connectivity index (χ0) is 21.3. The van der Waals surface area contributed by atoms with Crippen molar-refractivity contribution in [2.75, 3.05) is 26.7 Å². The van der Waals surface area contributed by atoms with Gasteiger partial charge in [0.1, 0.15) is 0 Å². The highest BCUT2D eigenvalue weighted by molar-refractivity contribution is 14.0. The molecule has 1 heterocycles. The normalized spacial score (nSPS) is 16.3. The van der Waals surface area contributed by atoms with Crippen molar-refractivity contribution in [3.63, 3.8) is 0 Å². The summed E-state index contributed by atoms with van der Waals surface area (Å²) in [5.74, 6) is 0.707. The molecule has 1 aliphatic heterocycles. The maximum absolute atomic E-state index is 14.0. The number of benzene rings is 2. The predicted molar refractivity (Wildman–Crippen MR) is 136 cm³/mol. The van der Waals surface area contributed by atoms with Crippen LogP contribution in [0.2, 0.25) is 0 Å². The number of nitrogens with zero attached hydrogens (tertiary/aromatic N) is 2. The van der Waals surface area contributed by atoms with E-state index in [2.05, 4.69) is 57.8 Å². The second-order valence-corrected chi connectivity index (χ2v) is 7.66. The third kappa shape index (κ3) is 7.35. The number of hydrogen-bond donors (Lipinski definition) is 2. The van der Waals surface area contributed by atoms with Crippen molar-refractivity contribution in [3.05, 3.63) is 65.5 Å². The van der Waals surface area contributed by atoms with Crippen LogP contribution in [-0.4, -0.2) is 43.6 Å². The Balaban J connectivity index is 0.00000341. The molecule has 1 unspecified atom stereocenters. The molecule has 3 rings (SSSR count). The summed E-state index contributed by atoms with van der Waals surface area (Å²) in [5.41, 5.74) is 2.22. The van der Waals surface area contributed by atoms with Crippen molar-refractivity contribution < 1.29 is 9.13 Å². The van der Waals surface area contributed by atoms with Gasteiger partial charge in [-0.2, -0.15) is 0 Å². The molecule has 2 aromatic carbocycles. The number of aliphatic imine (C=N–C) groups is 1. The summed E-state index contributed by atoms with van der Waals surface area (Å²) < 4.78 is 19.3. The first kappa shape index (κ1) is 25.4. The van der Waals surface area contributed by atoms with Crippen molar-refractivity contribution in [2.24, 2.45) is 4.99 Å². The molecule has 1 fully saturated rings. The number of nitrogens with one attached hydrogen (secondary N) is 2. The van der Waals surface area contributed by atoms with Gasteiger partial charge in [-0.1, -0.05) is 36.4 Å². The molecule has 0 radical (unpaired) electrons. The van der Waals surface area contributed by atoms with Crippen LogP contribution in [0, 0.1) is 5.82 Å². The van der Waals surface area contributed by atoms with Crippen LogP contribution in [0.1, 0.15) is 43.9 Å². The molecule has 0 spiro atoms. The Hall–Kier alpha value is -1.87. The molecule has 7 heteroatoms. The Bertz CT molecular complexity index is 826. The van der Waals surface area contributed by atoms with E-state index in [1.807, 2.05) is 13.0 Å². The first-order valence-corrected chi connectivity index (χ1v) is 10.8. The van der Waals surface area contributed by atoms with E-state index in [-0.39, 0.29) is 29.8 Å². The van der Waals surface area contributed by atoms with Gasteiger partial charge in [-0.15, -0.1) is 24.0 Å². The fourth-order valence-corrected chi connectivity index (χ4v) is 3.87. The van der Waals surface area contributed by atoms with Crippen LogP contribution in [0.4, 0.5) is 4.39 Å². The summed E-state index contributed by atoms with van der Waals surface area (Å²) in [6, 6.07) is 16.5. The van der Waals surface area contributed by atoms with E-state index < -0.39 is 0 Å². The van der Waals surface area contributed by atoms with Gasteiger partial charge in [-0.3, -0.25) is 9.89 Å². The molecule has 2 aromatic rings. The van der Waals surface area contributed by atoms with Gasteiger partial charge >= 0.3 is 0 Å². The molecule has 31 heavy (non-hydrogen) atoms. The lowest BCUT2D eigenvalue weighted by molar-refractivity contribution is 0.158. The van der Waals surface area contributed by atoms with Gasteiger partial charge in [0.25, 0.3) is 0 Å². The van der Waals surface area contributed by atoms with Gasteiger partial charge in [0, 0.05) is 38.8 Å². The van der Waals surface area contributed by atoms with E-state index in [1.165, 1.54) is 11.6 Å². The number of ether oxygens (including phenoxy) is 1. The Kier molecular flexibility index (Phi) is 10.5. The lowest BCUT2D eigenvalue weighted by atomic mass is 10.0. The molecule has 0 saturated carbocycles. The van der Waals surface area contributed by atoms with Crippen molar-refractivity contribution in [1.82, 2.24) is 15.5 Å². The lowest BCUT2D eigenvalue weighted by Crippen LogP contribution is -2.48. The average molecular weight is 540 g/mol. The maximum Gasteiger partial charge on any atom is 0.191 e. The quantitative estimate of drug-likeness (QED) is 0.303. The highest BCUT2D eigenvalue weighted by Gasteiger charge is 2.24. The number of likely N-dealkylation sites (tertiary alicyclic amines) is 1. The maximum atomic E-state index is 14.0. The highest BCUT2D eigenvalue weighted by atomic mass is 127. The van der Waals surface area contributed by atoms with Crippen LogP contribution in [0.15, 0.2) is 53.5 Å². The van der Waals surface area contributed by atoms with E-state index >= 15 is 0 Å². The van der Waals surface area contributed by atoms with Crippen LogP contribution in [0.25, 0.3) is 0 Å². The molecule has 5 nitrogen and oxygen atoms in total. The van der Waals surface area contributed by atoms with Gasteiger partial charge < -0.3 is 15.4 Å². The minimum absolute atomic E-state index is 0. The summed E-state index contributed by atoms with van der Waals surface area (Å²) in [5, 5.41) is 6.80. The van der Waals surface area contributed by atoms with Gasteiger partial charge in [0.15, 0.2) is 17.5 Å². The molecule has 1 atom stereocenters. The van der Waals surface area contributed by atoms with E-state index in [0.29, 0.717) is 31.0 Å². The topological polar surface area (TPSA) is 48.9 Å². The summed E-state index contributed by atoms with van der Waals surface area (Å²) >= 11 is 0. The second-order valence-electron chi connectivity index (χ2n) is 7.66. The van der Waals surface area contributed by atoms with Gasteiger partial charge in [0.05, 0.1) is 6.61 Å². The number of halogens is 2. The highest BCUT2D eigenvalue weighted by Crippen LogP contribution is 2.24. The van der Waals surface area contributed by atoms with Crippen LogP contribution in [0.3, 0.4) is 0 Å². The Labute approximate surface area is 202 Å².